The Labute approximate surface area is 157 Å². The van der Waals surface area contributed by atoms with Crippen molar-refractivity contribution in [3.63, 3.8) is 0 Å². The van der Waals surface area contributed by atoms with Crippen LogP contribution in [-0.4, -0.2) is 16.1 Å². The van der Waals surface area contributed by atoms with E-state index in [0.29, 0.717) is 10.6 Å². The maximum atomic E-state index is 13.0. The van der Waals surface area contributed by atoms with Crippen molar-refractivity contribution < 1.29 is 4.79 Å². The zero-order valence-corrected chi connectivity index (χ0v) is 15.4. The molecular weight excluding hydrogens is 346 g/mol. The highest BCUT2D eigenvalue weighted by molar-refractivity contribution is 6.31. The van der Waals surface area contributed by atoms with Gasteiger partial charge in [-0.1, -0.05) is 35.9 Å². The number of carbonyl (C=O) groups is 1. The predicted molar refractivity (Wildman–Crippen MR) is 105 cm³/mol. The van der Waals surface area contributed by atoms with Crippen molar-refractivity contribution in [3.05, 3.63) is 69.9 Å². The van der Waals surface area contributed by atoms with E-state index in [2.05, 4.69) is 15.5 Å². The van der Waals surface area contributed by atoms with Gasteiger partial charge >= 0.3 is 0 Å². The zero-order valence-electron chi connectivity index (χ0n) is 14.6. The molecule has 5 heteroatoms. The third-order valence-corrected chi connectivity index (χ3v) is 5.41. The SMILES string of the molecule is Cc1c(Cl)cccc1NC(=O)c1ccccc1-c1n[nH]c2c1CCCC2. The van der Waals surface area contributed by atoms with Gasteiger partial charge in [-0.3, -0.25) is 9.89 Å². The molecule has 0 spiro atoms. The first-order chi connectivity index (χ1) is 12.6. The Morgan fingerprint density at radius 2 is 1.92 bits per heavy atom. The van der Waals surface area contributed by atoms with Crippen LogP contribution in [0.5, 0.6) is 0 Å². The lowest BCUT2D eigenvalue weighted by atomic mass is 9.92. The van der Waals surface area contributed by atoms with Crippen LogP contribution >= 0.6 is 11.6 Å². The van der Waals surface area contributed by atoms with Crippen LogP contribution in [0.2, 0.25) is 5.02 Å². The minimum Gasteiger partial charge on any atom is -0.322 e. The third kappa shape index (κ3) is 3.01. The first kappa shape index (κ1) is 16.9. The Kier molecular flexibility index (Phi) is 4.51. The predicted octanol–water partition coefficient (Wildman–Crippen LogP) is 5.17. The van der Waals surface area contributed by atoms with E-state index in [4.69, 9.17) is 11.6 Å². The summed E-state index contributed by atoms with van der Waals surface area (Å²) in [5.74, 6) is -0.154. The van der Waals surface area contributed by atoms with Crippen LogP contribution in [0.1, 0.15) is 40.0 Å². The number of aryl methyl sites for hydroxylation is 1. The molecular formula is C21H20ClN3O. The number of H-pyrrole nitrogens is 1. The largest absolute Gasteiger partial charge is 0.322 e. The molecule has 0 saturated heterocycles. The topological polar surface area (TPSA) is 57.8 Å². The summed E-state index contributed by atoms with van der Waals surface area (Å²) in [6.45, 7) is 1.90. The van der Waals surface area contributed by atoms with Gasteiger partial charge in [0.05, 0.1) is 5.69 Å². The summed E-state index contributed by atoms with van der Waals surface area (Å²) in [6.07, 6.45) is 4.38. The molecule has 1 aliphatic carbocycles. The van der Waals surface area contributed by atoms with Crippen molar-refractivity contribution in [3.8, 4) is 11.3 Å². The van der Waals surface area contributed by atoms with Crippen LogP contribution in [0.3, 0.4) is 0 Å². The third-order valence-electron chi connectivity index (χ3n) is 5.00. The lowest BCUT2D eigenvalue weighted by Crippen LogP contribution is -2.14. The standard InChI is InChI=1S/C21H20ClN3O/c1-13-17(22)10-6-12-18(13)23-21(26)15-8-3-2-7-14(15)20-16-9-4-5-11-19(16)24-25-20/h2-3,6-8,10,12H,4-5,9,11H2,1H3,(H,23,26)(H,24,25). The molecule has 1 aromatic heterocycles. The van der Waals surface area contributed by atoms with Gasteiger partial charge in [0.1, 0.15) is 0 Å². The quantitative estimate of drug-likeness (QED) is 0.672. The van der Waals surface area contributed by atoms with Crippen molar-refractivity contribution in [1.29, 1.82) is 0 Å². The number of amides is 1. The average Bonchev–Trinajstić information content (AvgIpc) is 3.09. The number of rotatable bonds is 3. The average molecular weight is 366 g/mol. The fourth-order valence-corrected chi connectivity index (χ4v) is 3.70. The maximum absolute atomic E-state index is 13.0. The minimum atomic E-state index is -0.154. The second-order valence-electron chi connectivity index (χ2n) is 6.65. The van der Waals surface area contributed by atoms with E-state index in [9.17, 15) is 4.79 Å². The van der Waals surface area contributed by atoms with E-state index in [0.717, 1.165) is 41.8 Å². The maximum Gasteiger partial charge on any atom is 0.256 e. The molecule has 0 saturated carbocycles. The molecule has 1 amide bonds. The number of benzene rings is 2. The fourth-order valence-electron chi connectivity index (χ4n) is 3.52. The number of carbonyl (C=O) groups excluding carboxylic acids is 1. The molecule has 132 valence electrons. The Balaban J connectivity index is 1.71. The molecule has 3 aromatic rings. The molecule has 4 nitrogen and oxygen atoms in total. The number of nitrogens with one attached hydrogen (secondary N) is 2. The number of anilines is 1. The number of hydrogen-bond acceptors (Lipinski definition) is 2. The van der Waals surface area contributed by atoms with E-state index in [1.807, 2.05) is 49.4 Å². The van der Waals surface area contributed by atoms with Crippen LogP contribution < -0.4 is 5.32 Å². The molecule has 4 rings (SSSR count). The van der Waals surface area contributed by atoms with E-state index >= 15 is 0 Å². The molecule has 0 bridgehead atoms. The monoisotopic (exact) mass is 365 g/mol. The summed E-state index contributed by atoms with van der Waals surface area (Å²) in [4.78, 5) is 13.0. The summed E-state index contributed by atoms with van der Waals surface area (Å²) >= 11 is 6.17. The molecule has 1 heterocycles. The Morgan fingerprint density at radius 3 is 2.81 bits per heavy atom. The van der Waals surface area contributed by atoms with Gasteiger partial charge in [0.15, 0.2) is 0 Å². The first-order valence-corrected chi connectivity index (χ1v) is 9.25. The molecule has 0 fully saturated rings. The molecule has 0 aliphatic heterocycles. The van der Waals surface area contributed by atoms with Crippen molar-refractivity contribution in [2.24, 2.45) is 0 Å². The van der Waals surface area contributed by atoms with Gasteiger partial charge in [0.25, 0.3) is 5.91 Å². The summed E-state index contributed by atoms with van der Waals surface area (Å²) in [5, 5.41) is 11.3. The summed E-state index contributed by atoms with van der Waals surface area (Å²) in [5.41, 5.74) is 6.41. The van der Waals surface area contributed by atoms with Crippen LogP contribution in [0.15, 0.2) is 42.5 Å². The first-order valence-electron chi connectivity index (χ1n) is 8.87. The molecule has 26 heavy (non-hydrogen) atoms. The van der Waals surface area contributed by atoms with E-state index < -0.39 is 0 Å². The lowest BCUT2D eigenvalue weighted by molar-refractivity contribution is 0.102. The highest BCUT2D eigenvalue weighted by Gasteiger charge is 2.22. The van der Waals surface area contributed by atoms with Crippen LogP contribution in [0, 0.1) is 6.92 Å². The number of aromatic nitrogens is 2. The summed E-state index contributed by atoms with van der Waals surface area (Å²) in [7, 11) is 0. The van der Waals surface area contributed by atoms with Gasteiger partial charge in [0, 0.05) is 33.1 Å². The van der Waals surface area contributed by atoms with Gasteiger partial charge < -0.3 is 5.32 Å². The van der Waals surface area contributed by atoms with Gasteiger partial charge in [-0.2, -0.15) is 5.10 Å². The molecule has 0 radical (unpaired) electrons. The zero-order chi connectivity index (χ0) is 18.1. The minimum absolute atomic E-state index is 0.154. The highest BCUT2D eigenvalue weighted by atomic mass is 35.5. The van der Waals surface area contributed by atoms with Crippen molar-refractivity contribution in [2.75, 3.05) is 5.32 Å². The number of fused-ring (bicyclic) bond motifs is 1. The van der Waals surface area contributed by atoms with Gasteiger partial charge in [0.2, 0.25) is 0 Å². The van der Waals surface area contributed by atoms with Crippen molar-refractivity contribution in [2.45, 2.75) is 32.6 Å². The smallest absolute Gasteiger partial charge is 0.256 e. The molecule has 0 unspecified atom stereocenters. The van der Waals surface area contributed by atoms with E-state index in [1.165, 1.54) is 17.7 Å². The number of aromatic amines is 1. The van der Waals surface area contributed by atoms with Crippen molar-refractivity contribution in [1.82, 2.24) is 10.2 Å². The van der Waals surface area contributed by atoms with E-state index in [-0.39, 0.29) is 5.91 Å². The Hall–Kier alpha value is -2.59. The van der Waals surface area contributed by atoms with Gasteiger partial charge in [-0.25, -0.2) is 0 Å². The second-order valence-corrected chi connectivity index (χ2v) is 7.06. The number of nitrogens with zero attached hydrogens (tertiary/aromatic N) is 1. The van der Waals surface area contributed by atoms with Gasteiger partial charge in [-0.05, 0) is 56.4 Å². The second kappa shape index (κ2) is 6.96. The Bertz CT molecular complexity index is 977. The number of hydrogen-bond donors (Lipinski definition) is 2. The summed E-state index contributed by atoms with van der Waals surface area (Å²) in [6, 6.07) is 13.1. The Morgan fingerprint density at radius 1 is 1.12 bits per heavy atom. The van der Waals surface area contributed by atoms with Crippen LogP contribution in [0.25, 0.3) is 11.3 Å². The lowest BCUT2D eigenvalue weighted by Gasteiger charge is -2.14. The molecule has 0 atom stereocenters. The molecule has 2 aromatic carbocycles. The van der Waals surface area contributed by atoms with E-state index in [1.54, 1.807) is 0 Å². The highest BCUT2D eigenvalue weighted by Crippen LogP contribution is 2.32. The number of halogens is 1. The van der Waals surface area contributed by atoms with Gasteiger partial charge in [-0.15, -0.1) is 0 Å². The molecule has 1 aliphatic rings. The van der Waals surface area contributed by atoms with Crippen LogP contribution in [0.4, 0.5) is 5.69 Å². The summed E-state index contributed by atoms with van der Waals surface area (Å²) < 4.78 is 0. The molecule has 2 N–H and O–H groups in total. The van der Waals surface area contributed by atoms with Crippen molar-refractivity contribution >= 4 is 23.2 Å². The normalized spacial score (nSPS) is 13.3. The fraction of sp³-hybridized carbons (Fsp3) is 0.238. The van der Waals surface area contributed by atoms with Crippen LogP contribution in [-0.2, 0) is 12.8 Å².